The monoisotopic (exact) mass is 401 g/mol. The zero-order valence-electron chi connectivity index (χ0n) is 17.7. The van der Waals surface area contributed by atoms with Crippen molar-refractivity contribution in [2.45, 2.75) is 66.1 Å². The number of esters is 3. The van der Waals surface area contributed by atoms with Crippen LogP contribution in [0.2, 0.25) is 0 Å². The number of carboxylic acid groups (broad SMARTS) is 1. The van der Waals surface area contributed by atoms with Gasteiger partial charge in [-0.3, -0.25) is 9.59 Å². The SMILES string of the molecule is CCCOC(=O)/C(=C/C(=O)O)N(CC(=O)OC(C)(C)C)CC(=O)OC(C)(C)C. The molecule has 9 nitrogen and oxygen atoms in total. The van der Waals surface area contributed by atoms with Crippen LogP contribution >= 0.6 is 0 Å². The molecule has 0 rings (SSSR count). The van der Waals surface area contributed by atoms with Gasteiger partial charge in [0.15, 0.2) is 0 Å². The second kappa shape index (κ2) is 10.7. The van der Waals surface area contributed by atoms with Crippen LogP contribution in [0.25, 0.3) is 0 Å². The number of hydrogen-bond donors (Lipinski definition) is 1. The molecule has 0 bridgehead atoms. The lowest BCUT2D eigenvalue weighted by molar-refractivity contribution is -0.159. The Hall–Kier alpha value is -2.58. The summed E-state index contributed by atoms with van der Waals surface area (Å²) >= 11 is 0. The fourth-order valence-electron chi connectivity index (χ4n) is 1.95. The Morgan fingerprint density at radius 1 is 0.893 bits per heavy atom. The molecule has 0 heterocycles. The molecule has 0 saturated heterocycles. The zero-order chi connectivity index (χ0) is 22.1. The second-order valence-electron chi connectivity index (χ2n) is 8.03. The van der Waals surface area contributed by atoms with Crippen molar-refractivity contribution < 1.29 is 38.5 Å². The van der Waals surface area contributed by atoms with Gasteiger partial charge in [-0.05, 0) is 48.0 Å². The Kier molecular flexibility index (Phi) is 9.69. The number of carbonyl (C=O) groups is 4. The molecule has 0 spiro atoms. The van der Waals surface area contributed by atoms with Crippen molar-refractivity contribution in [2.75, 3.05) is 19.7 Å². The smallest absolute Gasteiger partial charge is 0.354 e. The van der Waals surface area contributed by atoms with Crippen molar-refractivity contribution in [1.82, 2.24) is 4.90 Å². The summed E-state index contributed by atoms with van der Waals surface area (Å²) in [6, 6.07) is 0. The van der Waals surface area contributed by atoms with Crippen LogP contribution in [0.5, 0.6) is 0 Å². The zero-order valence-corrected chi connectivity index (χ0v) is 17.7. The quantitative estimate of drug-likeness (QED) is 0.351. The first-order valence-corrected chi connectivity index (χ1v) is 8.95. The predicted molar refractivity (Wildman–Crippen MR) is 100 cm³/mol. The molecular formula is C19H31NO8. The summed E-state index contributed by atoms with van der Waals surface area (Å²) in [5.41, 5.74) is -2.04. The average Bonchev–Trinajstić information content (AvgIpc) is 2.45. The van der Waals surface area contributed by atoms with E-state index >= 15 is 0 Å². The lowest BCUT2D eigenvalue weighted by atomic mass is 10.2. The highest BCUT2D eigenvalue weighted by Gasteiger charge is 2.28. The van der Waals surface area contributed by atoms with E-state index in [1.165, 1.54) is 0 Å². The van der Waals surface area contributed by atoms with E-state index in [9.17, 15) is 19.2 Å². The van der Waals surface area contributed by atoms with Crippen LogP contribution in [0.1, 0.15) is 54.9 Å². The minimum Gasteiger partial charge on any atom is -0.478 e. The lowest BCUT2D eigenvalue weighted by Crippen LogP contribution is -2.41. The van der Waals surface area contributed by atoms with Gasteiger partial charge in [-0.15, -0.1) is 0 Å². The molecule has 0 fully saturated rings. The van der Waals surface area contributed by atoms with E-state index in [2.05, 4.69) is 0 Å². The van der Waals surface area contributed by atoms with Crippen LogP contribution < -0.4 is 0 Å². The summed E-state index contributed by atoms with van der Waals surface area (Å²) < 4.78 is 15.4. The largest absolute Gasteiger partial charge is 0.478 e. The fraction of sp³-hybridized carbons (Fsp3) is 0.684. The summed E-state index contributed by atoms with van der Waals surface area (Å²) in [5, 5.41) is 9.11. The van der Waals surface area contributed by atoms with Crippen molar-refractivity contribution in [1.29, 1.82) is 0 Å². The van der Waals surface area contributed by atoms with Crippen molar-refractivity contribution in [3.63, 3.8) is 0 Å². The van der Waals surface area contributed by atoms with Crippen molar-refractivity contribution >= 4 is 23.9 Å². The van der Waals surface area contributed by atoms with Crippen LogP contribution in [-0.4, -0.2) is 64.8 Å². The maximum absolute atomic E-state index is 12.3. The van der Waals surface area contributed by atoms with Gasteiger partial charge < -0.3 is 24.2 Å². The lowest BCUT2D eigenvalue weighted by Gasteiger charge is -2.28. The highest BCUT2D eigenvalue weighted by molar-refractivity contribution is 5.96. The number of ether oxygens (including phenoxy) is 3. The molecule has 0 aromatic carbocycles. The minimum absolute atomic E-state index is 0.0580. The molecule has 0 unspecified atom stereocenters. The van der Waals surface area contributed by atoms with Gasteiger partial charge in [0.1, 0.15) is 30.0 Å². The Balaban J connectivity index is 5.72. The number of hydrogen-bond acceptors (Lipinski definition) is 8. The molecule has 9 heteroatoms. The maximum Gasteiger partial charge on any atom is 0.354 e. The first-order chi connectivity index (χ1) is 12.6. The summed E-state index contributed by atoms with van der Waals surface area (Å²) in [6.45, 7) is 10.7. The van der Waals surface area contributed by atoms with Gasteiger partial charge in [0, 0.05) is 0 Å². The first-order valence-electron chi connectivity index (χ1n) is 8.95. The normalized spacial score (nSPS) is 12.2. The van der Waals surface area contributed by atoms with E-state index < -0.39 is 53.9 Å². The van der Waals surface area contributed by atoms with E-state index in [-0.39, 0.29) is 6.61 Å². The van der Waals surface area contributed by atoms with Gasteiger partial charge in [-0.2, -0.15) is 0 Å². The molecule has 0 aromatic heterocycles. The van der Waals surface area contributed by atoms with Gasteiger partial charge in [0.25, 0.3) is 0 Å². The van der Waals surface area contributed by atoms with Crippen LogP contribution in [0, 0.1) is 0 Å². The van der Waals surface area contributed by atoms with Gasteiger partial charge in [0.2, 0.25) is 0 Å². The summed E-state index contributed by atoms with van der Waals surface area (Å²) in [5.74, 6) is -3.87. The van der Waals surface area contributed by atoms with Gasteiger partial charge in [0.05, 0.1) is 12.7 Å². The maximum atomic E-state index is 12.3. The summed E-state index contributed by atoms with van der Waals surface area (Å²) in [6.07, 6.45) is 1.11. The molecule has 0 aliphatic carbocycles. The van der Waals surface area contributed by atoms with Crippen LogP contribution in [0.4, 0.5) is 0 Å². The first kappa shape index (κ1) is 25.4. The van der Waals surface area contributed by atoms with E-state index in [0.717, 1.165) is 4.90 Å². The molecule has 0 saturated carbocycles. The third-order valence-corrected chi connectivity index (χ3v) is 2.73. The summed E-state index contributed by atoms with van der Waals surface area (Å²) in [4.78, 5) is 48.9. The predicted octanol–water partition coefficient (Wildman–Crippen LogP) is 1.89. The van der Waals surface area contributed by atoms with Crippen LogP contribution in [-0.2, 0) is 33.4 Å². The molecule has 0 atom stereocenters. The fourth-order valence-corrected chi connectivity index (χ4v) is 1.95. The molecule has 0 aliphatic heterocycles. The van der Waals surface area contributed by atoms with Gasteiger partial charge in [-0.25, -0.2) is 9.59 Å². The van der Waals surface area contributed by atoms with Gasteiger partial charge >= 0.3 is 23.9 Å². The number of carbonyl (C=O) groups excluding carboxylic acids is 3. The number of nitrogens with zero attached hydrogens (tertiary/aromatic N) is 1. The van der Waals surface area contributed by atoms with E-state index in [4.69, 9.17) is 19.3 Å². The number of carboxylic acids is 1. The van der Waals surface area contributed by atoms with Crippen LogP contribution in [0.15, 0.2) is 11.8 Å². The molecule has 0 amide bonds. The Bertz CT molecular complexity index is 580. The second-order valence-corrected chi connectivity index (χ2v) is 8.03. The highest BCUT2D eigenvalue weighted by atomic mass is 16.6. The highest BCUT2D eigenvalue weighted by Crippen LogP contribution is 2.14. The standard InChI is InChI=1S/C19H31NO8/c1-8-9-26-17(25)13(10-14(21)22)20(11-15(23)27-18(2,3)4)12-16(24)28-19(5,6)7/h10H,8-9,11-12H2,1-7H3,(H,21,22)/b13-10-. The van der Waals surface area contributed by atoms with E-state index in [0.29, 0.717) is 12.5 Å². The Morgan fingerprint density at radius 2 is 1.32 bits per heavy atom. The third kappa shape index (κ3) is 11.9. The van der Waals surface area contributed by atoms with Crippen molar-refractivity contribution in [2.24, 2.45) is 0 Å². The molecule has 0 aliphatic rings. The van der Waals surface area contributed by atoms with Crippen molar-refractivity contribution in [3.05, 3.63) is 11.8 Å². The Labute approximate surface area is 165 Å². The third-order valence-electron chi connectivity index (χ3n) is 2.73. The average molecular weight is 401 g/mol. The molecule has 0 aromatic rings. The van der Waals surface area contributed by atoms with Crippen molar-refractivity contribution in [3.8, 4) is 0 Å². The number of aliphatic carboxylic acids is 1. The Morgan fingerprint density at radius 3 is 1.64 bits per heavy atom. The summed E-state index contributed by atoms with van der Waals surface area (Å²) in [7, 11) is 0. The van der Waals surface area contributed by atoms with E-state index in [1.807, 2.05) is 0 Å². The molecular weight excluding hydrogens is 370 g/mol. The number of rotatable bonds is 9. The minimum atomic E-state index is -1.43. The topological polar surface area (TPSA) is 119 Å². The molecule has 1 N–H and O–H groups in total. The van der Waals surface area contributed by atoms with Gasteiger partial charge in [-0.1, -0.05) is 6.92 Å². The van der Waals surface area contributed by atoms with Crippen LogP contribution in [0.3, 0.4) is 0 Å². The molecule has 0 radical (unpaired) electrons. The molecule has 160 valence electrons. The van der Waals surface area contributed by atoms with E-state index in [1.54, 1.807) is 48.5 Å². The molecule has 28 heavy (non-hydrogen) atoms.